The monoisotopic (exact) mass is 475 g/mol. The van der Waals surface area contributed by atoms with Crippen LogP contribution in [0.1, 0.15) is 23.8 Å². The Kier molecular flexibility index (Phi) is 8.90. The number of thiophene rings is 1. The number of ether oxygens (including phenoxy) is 3. The van der Waals surface area contributed by atoms with Crippen molar-refractivity contribution in [3.8, 4) is 11.5 Å². The highest BCUT2D eigenvalue weighted by Gasteiger charge is 2.15. The van der Waals surface area contributed by atoms with E-state index in [1.807, 2.05) is 35.4 Å². The molecule has 3 aromatic rings. The van der Waals surface area contributed by atoms with Crippen molar-refractivity contribution in [3.05, 3.63) is 56.5 Å². The molecular weight excluding hydrogens is 446 g/mol. The van der Waals surface area contributed by atoms with Gasteiger partial charge in [-0.1, -0.05) is 6.07 Å². The molecule has 0 amide bonds. The molecule has 7 nitrogen and oxygen atoms in total. The molecule has 0 bridgehead atoms. The lowest BCUT2D eigenvalue weighted by atomic mass is 10.1. The molecule has 2 heterocycles. The number of thiocarbonyl (C=S) groups is 1. The second kappa shape index (κ2) is 11.8. The molecule has 0 saturated heterocycles. The Morgan fingerprint density at radius 1 is 1.19 bits per heavy atom. The first-order valence-electron chi connectivity index (χ1n) is 10.5. The van der Waals surface area contributed by atoms with Gasteiger partial charge in [-0.05, 0) is 49.1 Å². The average Bonchev–Trinajstić information content (AvgIpc) is 3.31. The Balaban J connectivity index is 1.83. The van der Waals surface area contributed by atoms with Gasteiger partial charge in [-0.2, -0.15) is 0 Å². The van der Waals surface area contributed by atoms with Gasteiger partial charge in [0.05, 0.1) is 32.8 Å². The standard InChI is InChI=1S/C23H29N3O4S2/c1-4-30-9-6-8-24-23(31)26(15-18-7-5-10-32-18)14-17-11-16-12-20(28-2)21(29-3)13-19(16)25-22(17)27/h5,7,10-13H,4,6,8-9,14-15H2,1-3H3,(H,24,31)(H,25,27). The second-order valence-electron chi connectivity index (χ2n) is 7.14. The van der Waals surface area contributed by atoms with Crippen LogP contribution >= 0.6 is 23.6 Å². The van der Waals surface area contributed by atoms with Crippen molar-refractivity contribution >= 4 is 39.6 Å². The largest absolute Gasteiger partial charge is 0.493 e. The van der Waals surface area contributed by atoms with Gasteiger partial charge >= 0.3 is 0 Å². The molecule has 0 saturated carbocycles. The molecule has 0 aliphatic heterocycles. The Morgan fingerprint density at radius 2 is 1.97 bits per heavy atom. The number of nitrogens with one attached hydrogen (secondary N) is 2. The Labute approximate surface area is 197 Å². The van der Waals surface area contributed by atoms with E-state index in [2.05, 4.69) is 16.4 Å². The van der Waals surface area contributed by atoms with Gasteiger partial charge in [-0.15, -0.1) is 11.3 Å². The maximum absolute atomic E-state index is 12.8. The normalized spacial score (nSPS) is 10.8. The van der Waals surface area contributed by atoms with E-state index in [9.17, 15) is 4.79 Å². The number of nitrogens with zero attached hydrogens (tertiary/aromatic N) is 1. The molecule has 0 spiro atoms. The quantitative estimate of drug-likeness (QED) is 0.322. The molecule has 9 heteroatoms. The van der Waals surface area contributed by atoms with Gasteiger partial charge in [0.1, 0.15) is 0 Å². The van der Waals surface area contributed by atoms with Crippen LogP contribution in [0.5, 0.6) is 11.5 Å². The summed E-state index contributed by atoms with van der Waals surface area (Å²) in [6, 6.07) is 9.60. The number of aromatic amines is 1. The van der Waals surface area contributed by atoms with Crippen molar-refractivity contribution in [1.82, 2.24) is 15.2 Å². The van der Waals surface area contributed by atoms with Gasteiger partial charge in [-0.25, -0.2) is 0 Å². The van der Waals surface area contributed by atoms with Crippen LogP contribution < -0.4 is 20.3 Å². The van der Waals surface area contributed by atoms with Crippen LogP contribution in [0.25, 0.3) is 10.9 Å². The maximum atomic E-state index is 12.8. The molecule has 0 aliphatic carbocycles. The Morgan fingerprint density at radius 3 is 2.66 bits per heavy atom. The van der Waals surface area contributed by atoms with E-state index in [4.69, 9.17) is 26.4 Å². The first-order valence-corrected chi connectivity index (χ1v) is 11.7. The fraction of sp³-hybridized carbons (Fsp3) is 0.391. The topological polar surface area (TPSA) is 75.8 Å². The molecule has 3 rings (SSSR count). The van der Waals surface area contributed by atoms with Gasteiger partial charge in [0.15, 0.2) is 16.6 Å². The predicted molar refractivity (Wildman–Crippen MR) is 133 cm³/mol. The summed E-state index contributed by atoms with van der Waals surface area (Å²) in [4.78, 5) is 19.0. The predicted octanol–water partition coefficient (Wildman–Crippen LogP) is 3.91. The minimum absolute atomic E-state index is 0.153. The van der Waals surface area contributed by atoms with Crippen LogP contribution in [0.3, 0.4) is 0 Å². The fourth-order valence-corrected chi connectivity index (χ4v) is 4.27. The molecule has 2 N–H and O–H groups in total. The third-order valence-corrected chi connectivity index (χ3v) is 6.21. The highest BCUT2D eigenvalue weighted by atomic mass is 32.1. The summed E-state index contributed by atoms with van der Waals surface area (Å²) in [5.74, 6) is 1.18. The molecule has 1 aromatic carbocycles. The highest BCUT2D eigenvalue weighted by molar-refractivity contribution is 7.80. The lowest BCUT2D eigenvalue weighted by Crippen LogP contribution is -2.40. The van der Waals surface area contributed by atoms with Crippen molar-refractivity contribution in [2.45, 2.75) is 26.4 Å². The fourth-order valence-electron chi connectivity index (χ4n) is 3.32. The zero-order valence-electron chi connectivity index (χ0n) is 18.6. The molecule has 2 aromatic heterocycles. The number of pyridine rings is 1. The first-order chi connectivity index (χ1) is 15.5. The number of benzene rings is 1. The molecule has 0 aliphatic rings. The average molecular weight is 476 g/mol. The van der Waals surface area contributed by atoms with Crippen LogP contribution in [0.15, 0.2) is 40.5 Å². The van der Waals surface area contributed by atoms with Gasteiger partial charge in [0.25, 0.3) is 5.56 Å². The molecule has 0 atom stereocenters. The number of H-pyrrole nitrogens is 1. The van der Waals surface area contributed by atoms with Gasteiger partial charge in [-0.3, -0.25) is 4.79 Å². The summed E-state index contributed by atoms with van der Waals surface area (Å²) in [5, 5.41) is 6.81. The van der Waals surface area contributed by atoms with E-state index in [1.165, 1.54) is 4.88 Å². The van der Waals surface area contributed by atoms with E-state index in [0.717, 1.165) is 11.8 Å². The molecule has 0 unspecified atom stereocenters. The number of fused-ring (bicyclic) bond motifs is 1. The van der Waals surface area contributed by atoms with Gasteiger partial charge in [0.2, 0.25) is 0 Å². The number of aromatic nitrogens is 1. The van der Waals surface area contributed by atoms with Crippen molar-refractivity contribution in [3.63, 3.8) is 0 Å². The number of methoxy groups -OCH3 is 2. The van der Waals surface area contributed by atoms with Crippen molar-refractivity contribution in [2.24, 2.45) is 0 Å². The van der Waals surface area contributed by atoms with E-state index >= 15 is 0 Å². The zero-order chi connectivity index (χ0) is 22.9. The highest BCUT2D eigenvalue weighted by Crippen LogP contribution is 2.31. The van der Waals surface area contributed by atoms with E-state index in [1.54, 1.807) is 31.6 Å². The van der Waals surface area contributed by atoms with Crippen LogP contribution in [-0.2, 0) is 17.8 Å². The first kappa shape index (κ1) is 24.0. The Hall–Kier alpha value is -2.62. The molecular formula is C23H29N3O4S2. The number of hydrogen-bond acceptors (Lipinski definition) is 6. The maximum Gasteiger partial charge on any atom is 0.253 e. The van der Waals surface area contributed by atoms with E-state index in [0.29, 0.717) is 60.5 Å². The summed E-state index contributed by atoms with van der Waals surface area (Å²) < 4.78 is 16.1. The van der Waals surface area contributed by atoms with E-state index < -0.39 is 0 Å². The number of rotatable bonds is 11. The van der Waals surface area contributed by atoms with Crippen LogP contribution in [0.4, 0.5) is 0 Å². The molecule has 0 fully saturated rings. The summed E-state index contributed by atoms with van der Waals surface area (Å²) in [5.41, 5.74) is 1.16. The van der Waals surface area contributed by atoms with Crippen molar-refractivity contribution in [2.75, 3.05) is 34.0 Å². The Bertz CT molecular complexity index is 1080. The third kappa shape index (κ3) is 6.21. The van der Waals surface area contributed by atoms with Crippen molar-refractivity contribution < 1.29 is 14.2 Å². The lowest BCUT2D eigenvalue weighted by Gasteiger charge is -2.25. The summed E-state index contributed by atoms with van der Waals surface area (Å²) in [7, 11) is 3.16. The minimum atomic E-state index is -0.153. The van der Waals surface area contributed by atoms with Gasteiger partial charge in [0, 0.05) is 41.7 Å². The van der Waals surface area contributed by atoms with Crippen LogP contribution in [0, 0.1) is 0 Å². The summed E-state index contributed by atoms with van der Waals surface area (Å²) in [6.45, 7) is 5.09. The summed E-state index contributed by atoms with van der Waals surface area (Å²) >= 11 is 7.33. The van der Waals surface area contributed by atoms with Crippen molar-refractivity contribution in [1.29, 1.82) is 0 Å². The third-order valence-electron chi connectivity index (χ3n) is 4.95. The zero-order valence-corrected chi connectivity index (χ0v) is 20.2. The smallest absolute Gasteiger partial charge is 0.253 e. The summed E-state index contributed by atoms with van der Waals surface area (Å²) in [6.07, 6.45) is 0.860. The minimum Gasteiger partial charge on any atom is -0.493 e. The lowest BCUT2D eigenvalue weighted by molar-refractivity contribution is 0.145. The van der Waals surface area contributed by atoms with Gasteiger partial charge < -0.3 is 29.4 Å². The number of hydrogen-bond donors (Lipinski definition) is 2. The van der Waals surface area contributed by atoms with E-state index in [-0.39, 0.29) is 5.56 Å². The molecule has 0 radical (unpaired) electrons. The SMILES string of the molecule is CCOCCCNC(=S)N(Cc1cccs1)Cc1cc2cc(OC)c(OC)cc2[nH]c1=O. The van der Waals surface area contributed by atoms with Crippen LogP contribution in [-0.4, -0.2) is 49.0 Å². The second-order valence-corrected chi connectivity index (χ2v) is 8.55. The molecule has 32 heavy (non-hydrogen) atoms. The molecule has 172 valence electrons. The van der Waals surface area contributed by atoms with Crippen LogP contribution in [0.2, 0.25) is 0 Å².